The van der Waals surface area contributed by atoms with E-state index in [4.69, 9.17) is 0 Å². The van der Waals surface area contributed by atoms with E-state index in [0.29, 0.717) is 0 Å². The lowest BCUT2D eigenvalue weighted by Crippen LogP contribution is -2.44. The average molecular weight is 183 g/mol. The highest BCUT2D eigenvalue weighted by atomic mass is 19.1. The second-order valence-electron chi connectivity index (χ2n) is 4.58. The van der Waals surface area contributed by atoms with Gasteiger partial charge in [-0.2, -0.15) is 0 Å². The fraction of sp³-hybridized carbons (Fsp3) is 0.818. The van der Waals surface area contributed by atoms with Gasteiger partial charge in [0.25, 0.3) is 0 Å². The van der Waals surface area contributed by atoms with E-state index in [0.717, 1.165) is 44.3 Å². The van der Waals surface area contributed by atoms with E-state index in [1.807, 2.05) is 6.92 Å². The van der Waals surface area contributed by atoms with Crippen molar-refractivity contribution >= 4 is 0 Å². The highest BCUT2D eigenvalue weighted by Gasteiger charge is 2.51. The Morgan fingerprint density at radius 2 is 2.38 bits per heavy atom. The van der Waals surface area contributed by atoms with Crippen molar-refractivity contribution in [2.24, 2.45) is 0 Å². The maximum absolute atomic E-state index is 13.8. The molecule has 0 N–H and O–H groups in total. The van der Waals surface area contributed by atoms with Crippen LogP contribution in [-0.2, 0) is 0 Å². The number of hydrogen-bond acceptors (Lipinski definition) is 1. The third-order valence-electron chi connectivity index (χ3n) is 3.51. The lowest BCUT2D eigenvalue weighted by Gasteiger charge is -2.34. The van der Waals surface area contributed by atoms with Crippen molar-refractivity contribution < 1.29 is 4.39 Å². The first-order chi connectivity index (χ1) is 6.15. The fourth-order valence-corrected chi connectivity index (χ4v) is 3.02. The lowest BCUT2D eigenvalue weighted by molar-refractivity contribution is 0.117. The molecule has 2 aliphatic heterocycles. The molecule has 2 fully saturated rings. The van der Waals surface area contributed by atoms with Crippen LogP contribution in [0.3, 0.4) is 0 Å². The quantitative estimate of drug-likeness (QED) is 0.595. The zero-order valence-electron chi connectivity index (χ0n) is 8.35. The summed E-state index contributed by atoms with van der Waals surface area (Å²) in [7, 11) is 0. The summed E-state index contributed by atoms with van der Waals surface area (Å²) < 4.78 is 13.8. The Labute approximate surface area is 79.6 Å². The molecule has 0 radical (unpaired) electrons. The van der Waals surface area contributed by atoms with Crippen LogP contribution in [0.5, 0.6) is 0 Å². The zero-order chi connectivity index (χ0) is 9.47. The Balaban J connectivity index is 2.19. The number of nitrogens with zero attached hydrogens (tertiary/aromatic N) is 1. The van der Waals surface area contributed by atoms with Crippen LogP contribution >= 0.6 is 0 Å². The van der Waals surface area contributed by atoms with Crippen LogP contribution in [0.25, 0.3) is 0 Å². The van der Waals surface area contributed by atoms with Crippen molar-refractivity contribution in [3.8, 4) is 0 Å². The van der Waals surface area contributed by atoms with Crippen LogP contribution in [0.2, 0.25) is 0 Å². The van der Waals surface area contributed by atoms with E-state index >= 15 is 0 Å². The Bertz CT molecular complexity index is 226. The third-order valence-corrected chi connectivity index (χ3v) is 3.51. The van der Waals surface area contributed by atoms with Gasteiger partial charge < -0.3 is 0 Å². The minimum Gasteiger partial charge on any atom is -0.294 e. The summed E-state index contributed by atoms with van der Waals surface area (Å²) in [5.74, 6) is 0. The molecule has 2 atom stereocenters. The normalized spacial score (nSPS) is 39.4. The molecule has 2 rings (SSSR count). The maximum Gasteiger partial charge on any atom is 0.120 e. The minimum atomic E-state index is -0.619. The molecule has 74 valence electrons. The van der Waals surface area contributed by atoms with Gasteiger partial charge in [-0.05, 0) is 39.2 Å². The molecule has 0 aliphatic carbocycles. The maximum atomic E-state index is 13.8. The Hall–Kier alpha value is -0.370. The van der Waals surface area contributed by atoms with Crippen LogP contribution in [0.1, 0.15) is 32.6 Å². The SMILES string of the molecule is C=C(C)C[C@@]12CCCN1CC[C@@H]2F. The van der Waals surface area contributed by atoms with Crippen LogP contribution < -0.4 is 0 Å². The number of fused-ring (bicyclic) bond motifs is 1. The molecule has 0 bridgehead atoms. The molecule has 2 saturated heterocycles. The van der Waals surface area contributed by atoms with Crippen molar-refractivity contribution in [2.45, 2.75) is 44.3 Å². The fourth-order valence-electron chi connectivity index (χ4n) is 3.02. The summed E-state index contributed by atoms with van der Waals surface area (Å²) in [6.07, 6.45) is 3.16. The predicted octanol–water partition coefficient (Wildman–Crippen LogP) is 2.53. The lowest BCUT2D eigenvalue weighted by atomic mass is 9.86. The Kier molecular flexibility index (Phi) is 2.18. The summed E-state index contributed by atoms with van der Waals surface area (Å²) in [6, 6.07) is 0. The average Bonchev–Trinajstić information content (AvgIpc) is 2.53. The first-order valence-electron chi connectivity index (χ1n) is 5.19. The Morgan fingerprint density at radius 1 is 1.62 bits per heavy atom. The molecule has 2 heterocycles. The molecular weight excluding hydrogens is 165 g/mol. The summed E-state index contributed by atoms with van der Waals surface area (Å²) in [5, 5.41) is 0. The first kappa shape index (κ1) is 9.20. The van der Waals surface area contributed by atoms with Gasteiger partial charge in [0.05, 0.1) is 5.54 Å². The van der Waals surface area contributed by atoms with E-state index in [-0.39, 0.29) is 5.54 Å². The van der Waals surface area contributed by atoms with E-state index < -0.39 is 6.17 Å². The summed E-state index contributed by atoms with van der Waals surface area (Å²) in [5.41, 5.74) is 0.975. The number of halogens is 1. The van der Waals surface area contributed by atoms with Crippen molar-refractivity contribution in [3.05, 3.63) is 12.2 Å². The number of hydrogen-bond donors (Lipinski definition) is 0. The van der Waals surface area contributed by atoms with Gasteiger partial charge in [-0.1, -0.05) is 5.57 Å². The number of alkyl halides is 1. The van der Waals surface area contributed by atoms with Crippen LogP contribution in [-0.4, -0.2) is 29.7 Å². The highest BCUT2D eigenvalue weighted by Crippen LogP contribution is 2.44. The van der Waals surface area contributed by atoms with Crippen molar-refractivity contribution in [3.63, 3.8) is 0 Å². The molecular formula is C11H18FN. The monoisotopic (exact) mass is 183 g/mol. The van der Waals surface area contributed by atoms with Crippen LogP contribution in [0.4, 0.5) is 4.39 Å². The molecule has 2 heteroatoms. The van der Waals surface area contributed by atoms with Gasteiger partial charge in [0.2, 0.25) is 0 Å². The van der Waals surface area contributed by atoms with Gasteiger partial charge in [-0.15, -0.1) is 6.58 Å². The minimum absolute atomic E-state index is 0.147. The predicted molar refractivity (Wildman–Crippen MR) is 52.5 cm³/mol. The van der Waals surface area contributed by atoms with E-state index in [2.05, 4.69) is 11.5 Å². The molecule has 0 aromatic carbocycles. The molecule has 0 aromatic heterocycles. The first-order valence-corrected chi connectivity index (χ1v) is 5.19. The van der Waals surface area contributed by atoms with Gasteiger partial charge in [-0.3, -0.25) is 4.90 Å². The van der Waals surface area contributed by atoms with Crippen LogP contribution in [0.15, 0.2) is 12.2 Å². The molecule has 1 nitrogen and oxygen atoms in total. The topological polar surface area (TPSA) is 3.24 Å². The summed E-state index contributed by atoms with van der Waals surface area (Å²) in [4.78, 5) is 2.34. The van der Waals surface area contributed by atoms with Crippen molar-refractivity contribution in [2.75, 3.05) is 13.1 Å². The van der Waals surface area contributed by atoms with Gasteiger partial charge in [0, 0.05) is 6.54 Å². The van der Waals surface area contributed by atoms with Gasteiger partial charge in [0.15, 0.2) is 0 Å². The van der Waals surface area contributed by atoms with Crippen LogP contribution in [0, 0.1) is 0 Å². The van der Waals surface area contributed by atoms with E-state index in [1.54, 1.807) is 0 Å². The molecule has 0 unspecified atom stereocenters. The third kappa shape index (κ3) is 1.32. The second kappa shape index (κ2) is 3.09. The standard InChI is InChI=1S/C11H18FN/c1-9(2)8-11-5-3-6-13(11)7-4-10(11)12/h10H,1,3-8H2,2H3/t10-,11+/m0/s1. The highest BCUT2D eigenvalue weighted by molar-refractivity contribution is 5.12. The van der Waals surface area contributed by atoms with E-state index in [1.165, 1.54) is 0 Å². The summed E-state index contributed by atoms with van der Waals surface area (Å²) in [6.45, 7) is 7.97. The van der Waals surface area contributed by atoms with E-state index in [9.17, 15) is 4.39 Å². The second-order valence-corrected chi connectivity index (χ2v) is 4.58. The molecule has 0 spiro atoms. The number of rotatable bonds is 2. The molecule has 0 aromatic rings. The molecule has 0 amide bonds. The van der Waals surface area contributed by atoms with Gasteiger partial charge in [0.1, 0.15) is 6.17 Å². The van der Waals surface area contributed by atoms with Crippen molar-refractivity contribution in [1.29, 1.82) is 0 Å². The Morgan fingerprint density at radius 3 is 3.08 bits per heavy atom. The van der Waals surface area contributed by atoms with Gasteiger partial charge >= 0.3 is 0 Å². The zero-order valence-corrected chi connectivity index (χ0v) is 8.35. The van der Waals surface area contributed by atoms with Gasteiger partial charge in [-0.25, -0.2) is 4.39 Å². The molecule has 2 aliphatic rings. The molecule has 0 saturated carbocycles. The largest absolute Gasteiger partial charge is 0.294 e. The summed E-state index contributed by atoms with van der Waals surface area (Å²) >= 11 is 0. The van der Waals surface area contributed by atoms with Crippen molar-refractivity contribution in [1.82, 2.24) is 4.90 Å². The molecule has 13 heavy (non-hydrogen) atoms. The smallest absolute Gasteiger partial charge is 0.120 e.